The Morgan fingerprint density at radius 1 is 1.25 bits per heavy atom. The zero-order chi connectivity index (χ0) is 15.1. The number of rotatable bonds is 5. The van der Waals surface area contributed by atoms with Crippen LogP contribution in [0.1, 0.15) is 13.8 Å². The molecule has 0 saturated heterocycles. The van der Waals surface area contributed by atoms with Crippen LogP contribution in [0.25, 0.3) is 0 Å². The van der Waals surface area contributed by atoms with Crippen LogP contribution in [0.15, 0.2) is 24.3 Å². The fraction of sp³-hybridized carbons (Fsp3) is 0.385. The van der Waals surface area contributed by atoms with Crippen molar-refractivity contribution >= 4 is 17.5 Å². The van der Waals surface area contributed by atoms with Crippen molar-refractivity contribution in [1.82, 2.24) is 5.32 Å². The Balaban J connectivity index is 2.59. The van der Waals surface area contributed by atoms with Gasteiger partial charge in [0.05, 0.1) is 0 Å². The highest BCUT2D eigenvalue weighted by Crippen LogP contribution is 2.19. The molecule has 0 atom stereocenters. The van der Waals surface area contributed by atoms with Crippen LogP contribution < -0.4 is 15.4 Å². The maximum absolute atomic E-state index is 12.0. The largest absolute Gasteiger partial charge is 0.435 e. The second kappa shape index (κ2) is 7.42. The van der Waals surface area contributed by atoms with Gasteiger partial charge in [0.2, 0.25) is 0 Å². The van der Waals surface area contributed by atoms with Gasteiger partial charge in [0.25, 0.3) is 0 Å². The lowest BCUT2D eigenvalue weighted by atomic mass is 10.2. The molecule has 0 heterocycles. The minimum absolute atomic E-state index is 0.0969. The van der Waals surface area contributed by atoms with Crippen molar-refractivity contribution in [1.29, 1.82) is 0 Å². The van der Waals surface area contributed by atoms with E-state index >= 15 is 0 Å². The molecular formula is C13H16F2N2O3. The molecule has 0 aliphatic carbocycles. The second-order valence-electron chi connectivity index (χ2n) is 4.46. The number of anilines is 1. The van der Waals surface area contributed by atoms with Gasteiger partial charge in [0.15, 0.2) is 0 Å². The summed E-state index contributed by atoms with van der Waals surface area (Å²) in [7, 11) is 0. The van der Waals surface area contributed by atoms with Crippen molar-refractivity contribution in [2.45, 2.75) is 20.5 Å². The number of halogens is 2. The molecule has 1 aromatic rings. The first-order valence-corrected chi connectivity index (χ1v) is 6.02. The maximum atomic E-state index is 12.0. The zero-order valence-corrected chi connectivity index (χ0v) is 11.2. The molecule has 0 saturated carbocycles. The molecule has 0 unspecified atom stereocenters. The van der Waals surface area contributed by atoms with Crippen molar-refractivity contribution in [2.24, 2.45) is 5.92 Å². The van der Waals surface area contributed by atoms with E-state index in [1.165, 1.54) is 24.3 Å². The molecule has 1 aromatic carbocycles. The summed E-state index contributed by atoms with van der Waals surface area (Å²) in [4.78, 5) is 23.0. The minimum Gasteiger partial charge on any atom is -0.435 e. The molecular weight excluding hydrogens is 270 g/mol. The van der Waals surface area contributed by atoms with E-state index in [4.69, 9.17) is 0 Å². The van der Waals surface area contributed by atoms with Crippen LogP contribution in [-0.4, -0.2) is 25.0 Å². The fourth-order valence-corrected chi connectivity index (χ4v) is 1.31. The molecule has 0 aromatic heterocycles. The predicted molar refractivity (Wildman–Crippen MR) is 69.6 cm³/mol. The van der Waals surface area contributed by atoms with Gasteiger partial charge >= 0.3 is 18.4 Å². The number of hydrogen-bond acceptors (Lipinski definition) is 3. The van der Waals surface area contributed by atoms with E-state index in [2.05, 4.69) is 15.4 Å². The number of hydrogen-bond donors (Lipinski definition) is 2. The molecule has 2 amide bonds. The monoisotopic (exact) mass is 286 g/mol. The van der Waals surface area contributed by atoms with E-state index < -0.39 is 18.4 Å². The van der Waals surface area contributed by atoms with Gasteiger partial charge in [-0.1, -0.05) is 19.9 Å². The first-order chi connectivity index (χ1) is 9.38. The molecule has 0 radical (unpaired) electrons. The van der Waals surface area contributed by atoms with Crippen LogP contribution >= 0.6 is 0 Å². The summed E-state index contributed by atoms with van der Waals surface area (Å²) in [6, 6.07) is 5.42. The Bertz CT molecular complexity index is 478. The van der Waals surface area contributed by atoms with Crippen LogP contribution in [0.3, 0.4) is 0 Å². The first kappa shape index (κ1) is 15.9. The topological polar surface area (TPSA) is 67.4 Å². The molecule has 0 fully saturated rings. The average molecular weight is 286 g/mol. The van der Waals surface area contributed by atoms with Crippen LogP contribution in [0.2, 0.25) is 0 Å². The zero-order valence-electron chi connectivity index (χ0n) is 11.2. The fourth-order valence-electron chi connectivity index (χ4n) is 1.31. The maximum Gasteiger partial charge on any atom is 0.387 e. The van der Waals surface area contributed by atoms with Crippen LogP contribution in [0.4, 0.5) is 14.5 Å². The molecule has 20 heavy (non-hydrogen) atoms. The SMILES string of the molecule is CC(C)CNC(=O)C(=O)Nc1cccc(OC(F)F)c1. The van der Waals surface area contributed by atoms with E-state index in [9.17, 15) is 18.4 Å². The summed E-state index contributed by atoms with van der Waals surface area (Å²) in [5.41, 5.74) is 0.202. The van der Waals surface area contributed by atoms with E-state index in [-0.39, 0.29) is 17.4 Å². The van der Waals surface area contributed by atoms with Gasteiger partial charge in [-0.25, -0.2) is 0 Å². The third-order valence-electron chi connectivity index (χ3n) is 2.19. The number of ether oxygens (including phenoxy) is 1. The van der Waals surface area contributed by atoms with Crippen LogP contribution in [0.5, 0.6) is 5.75 Å². The van der Waals surface area contributed by atoms with Crippen LogP contribution in [-0.2, 0) is 9.59 Å². The van der Waals surface area contributed by atoms with Crippen molar-refractivity contribution in [2.75, 3.05) is 11.9 Å². The molecule has 0 spiro atoms. The van der Waals surface area contributed by atoms with Gasteiger partial charge in [0.1, 0.15) is 5.75 Å². The van der Waals surface area contributed by atoms with Crippen molar-refractivity contribution in [3.05, 3.63) is 24.3 Å². The Morgan fingerprint density at radius 3 is 2.55 bits per heavy atom. The number of carbonyl (C=O) groups is 2. The Kier molecular flexibility index (Phi) is 5.89. The summed E-state index contributed by atoms with van der Waals surface area (Å²) in [5, 5.41) is 4.75. The van der Waals surface area contributed by atoms with Crippen molar-refractivity contribution in [3.8, 4) is 5.75 Å². The third-order valence-corrected chi connectivity index (χ3v) is 2.19. The summed E-state index contributed by atoms with van der Waals surface area (Å²) in [6.07, 6.45) is 0. The Hall–Kier alpha value is -2.18. The number of nitrogens with one attached hydrogen (secondary N) is 2. The van der Waals surface area contributed by atoms with E-state index in [1.54, 1.807) is 0 Å². The highest BCUT2D eigenvalue weighted by atomic mass is 19.3. The van der Waals surface area contributed by atoms with E-state index in [0.29, 0.717) is 6.54 Å². The lowest BCUT2D eigenvalue weighted by Crippen LogP contribution is -2.37. The lowest BCUT2D eigenvalue weighted by Gasteiger charge is -2.09. The van der Waals surface area contributed by atoms with Gasteiger partial charge in [-0.3, -0.25) is 9.59 Å². The number of amides is 2. The Labute approximate surface area is 115 Å². The number of alkyl halides is 2. The Morgan fingerprint density at radius 2 is 1.95 bits per heavy atom. The molecule has 110 valence electrons. The smallest absolute Gasteiger partial charge is 0.387 e. The predicted octanol–water partition coefficient (Wildman–Crippen LogP) is 2.00. The molecule has 1 rings (SSSR count). The quantitative estimate of drug-likeness (QED) is 0.813. The van der Waals surface area contributed by atoms with Crippen LogP contribution in [0, 0.1) is 5.92 Å². The second-order valence-corrected chi connectivity index (χ2v) is 4.46. The number of carbonyl (C=O) groups excluding carboxylic acids is 2. The number of benzene rings is 1. The average Bonchev–Trinajstić information content (AvgIpc) is 2.35. The highest BCUT2D eigenvalue weighted by molar-refractivity contribution is 6.39. The van der Waals surface area contributed by atoms with E-state index in [1.807, 2.05) is 13.8 Å². The highest BCUT2D eigenvalue weighted by Gasteiger charge is 2.14. The molecule has 0 aliphatic rings. The summed E-state index contributed by atoms with van der Waals surface area (Å²) < 4.78 is 28.3. The molecule has 0 aliphatic heterocycles. The normalized spacial score (nSPS) is 10.5. The van der Waals surface area contributed by atoms with E-state index in [0.717, 1.165) is 0 Å². The summed E-state index contributed by atoms with van der Waals surface area (Å²) >= 11 is 0. The minimum atomic E-state index is -2.95. The first-order valence-electron chi connectivity index (χ1n) is 6.02. The summed E-state index contributed by atoms with van der Waals surface area (Å²) in [5.74, 6) is -1.52. The standard InChI is InChI=1S/C13H16F2N2O3/c1-8(2)7-16-11(18)12(19)17-9-4-3-5-10(6-9)20-13(14)15/h3-6,8,13H,7H2,1-2H3,(H,16,18)(H,17,19). The molecule has 5 nitrogen and oxygen atoms in total. The van der Waals surface area contributed by atoms with Gasteiger partial charge in [-0.05, 0) is 18.1 Å². The molecule has 0 bridgehead atoms. The van der Waals surface area contributed by atoms with Gasteiger partial charge in [-0.15, -0.1) is 0 Å². The van der Waals surface area contributed by atoms with Gasteiger partial charge < -0.3 is 15.4 Å². The third kappa shape index (κ3) is 5.64. The van der Waals surface area contributed by atoms with Gasteiger partial charge in [-0.2, -0.15) is 8.78 Å². The lowest BCUT2D eigenvalue weighted by molar-refractivity contribution is -0.136. The molecule has 7 heteroatoms. The molecule has 2 N–H and O–H groups in total. The van der Waals surface area contributed by atoms with Gasteiger partial charge in [0, 0.05) is 18.3 Å². The summed E-state index contributed by atoms with van der Waals surface area (Å²) in [6.45, 7) is 1.21. The van der Waals surface area contributed by atoms with Crippen molar-refractivity contribution in [3.63, 3.8) is 0 Å². The van der Waals surface area contributed by atoms with Crippen molar-refractivity contribution < 1.29 is 23.1 Å².